The molecule has 0 saturated carbocycles. The van der Waals surface area contributed by atoms with Crippen molar-refractivity contribution in [3.05, 3.63) is 87.8 Å². The van der Waals surface area contributed by atoms with E-state index in [9.17, 15) is 13.2 Å². The number of alkyl halides is 3. The number of nitrogens with zero attached hydrogens (tertiary/aromatic N) is 1. The van der Waals surface area contributed by atoms with Gasteiger partial charge in [-0.1, -0.05) is 64.9 Å². The number of aryl methyl sites for hydroxylation is 3. The van der Waals surface area contributed by atoms with E-state index in [-0.39, 0.29) is 19.3 Å². The molecule has 0 bridgehead atoms. The van der Waals surface area contributed by atoms with Crippen molar-refractivity contribution in [2.45, 2.75) is 62.1 Å². The third kappa shape index (κ3) is 7.54. The van der Waals surface area contributed by atoms with Crippen LogP contribution in [0.5, 0.6) is 0 Å². The van der Waals surface area contributed by atoms with Crippen molar-refractivity contribution in [3.63, 3.8) is 0 Å². The van der Waals surface area contributed by atoms with Crippen LogP contribution in [0.3, 0.4) is 0 Å². The fourth-order valence-corrected chi connectivity index (χ4v) is 9.01. The summed E-state index contributed by atoms with van der Waals surface area (Å²) in [6, 6.07) is 10.8. The Kier molecular flexibility index (Phi) is 12.2. The average Bonchev–Trinajstić information content (AvgIpc) is 2.92. The van der Waals surface area contributed by atoms with E-state index in [2.05, 4.69) is 54.1 Å². The first-order valence-corrected chi connectivity index (χ1v) is 18.1. The molecule has 2 aromatic carbocycles. The lowest BCUT2D eigenvalue weighted by Gasteiger charge is -2.25. The molecule has 0 spiro atoms. The number of rotatable bonds is 12. The van der Waals surface area contributed by atoms with Gasteiger partial charge in [0.05, 0.1) is 8.82 Å². The minimum atomic E-state index is -3.83. The summed E-state index contributed by atoms with van der Waals surface area (Å²) in [6.07, 6.45) is 15.5. The van der Waals surface area contributed by atoms with Crippen LogP contribution in [0, 0.1) is 19.3 Å². The van der Waals surface area contributed by atoms with Crippen LogP contribution in [0.25, 0.3) is 22.3 Å². The van der Waals surface area contributed by atoms with Crippen LogP contribution in [-0.2, 0) is 22.8 Å². The van der Waals surface area contributed by atoms with Gasteiger partial charge in [0.1, 0.15) is 0 Å². The van der Waals surface area contributed by atoms with Crippen LogP contribution in [-0.4, -0.2) is 17.7 Å². The van der Waals surface area contributed by atoms with E-state index in [1.54, 1.807) is 24.4 Å². The van der Waals surface area contributed by atoms with Crippen molar-refractivity contribution in [2.24, 2.45) is 0 Å². The van der Waals surface area contributed by atoms with Gasteiger partial charge in [-0.3, -0.25) is 4.79 Å². The van der Waals surface area contributed by atoms with Gasteiger partial charge in [-0.25, -0.2) is 8.42 Å². The van der Waals surface area contributed by atoms with Crippen LogP contribution in [0.2, 0.25) is 5.02 Å². The normalized spacial score (nSPS) is 12.6. The largest absolute Gasteiger partial charge is 0.353 e. The highest BCUT2D eigenvalue weighted by atomic mass is 127. The molecule has 0 aliphatic carbocycles. The Morgan fingerprint density at radius 1 is 1.10 bits per heavy atom. The van der Waals surface area contributed by atoms with Gasteiger partial charge in [0.25, 0.3) is 0 Å². The predicted octanol–water partition coefficient (Wildman–Crippen LogP) is 9.19. The van der Waals surface area contributed by atoms with Crippen molar-refractivity contribution in [3.8, 4) is 34.6 Å². The Morgan fingerprint density at radius 3 is 2.38 bits per heavy atom. The van der Waals surface area contributed by atoms with E-state index in [4.69, 9.17) is 18.0 Å². The maximum Gasteiger partial charge on any atom is 0.203 e. The molecule has 0 N–H and O–H groups in total. The number of hydrogen-bond acceptors (Lipinski definition) is 3. The SMILES string of the molecule is C#CCCCCCc1ccc(-c2cn(CC)cc(-c3cc(Cl)cc(S(=O)(=O)C(I)(I)C(I)C=C)c3)c2=O)cc1C. The van der Waals surface area contributed by atoms with Gasteiger partial charge >= 0.3 is 0 Å². The zero-order valence-electron chi connectivity index (χ0n) is 22.4. The minimum absolute atomic E-state index is 0.0672. The minimum Gasteiger partial charge on any atom is -0.353 e. The molecule has 0 aliphatic heterocycles. The lowest BCUT2D eigenvalue weighted by molar-refractivity contribution is 0.594. The summed E-state index contributed by atoms with van der Waals surface area (Å²) in [5.74, 6) is 2.69. The number of hydrogen-bond donors (Lipinski definition) is 0. The number of terminal acetylenes is 1. The van der Waals surface area contributed by atoms with Crippen LogP contribution < -0.4 is 5.43 Å². The highest BCUT2D eigenvalue weighted by Gasteiger charge is 2.45. The second-order valence-corrected chi connectivity index (χ2v) is 20.4. The summed E-state index contributed by atoms with van der Waals surface area (Å²) in [5, 5.41) is 0.249. The molecule has 3 rings (SSSR count). The molecule has 1 heterocycles. The molecule has 4 nitrogen and oxygen atoms in total. The summed E-state index contributed by atoms with van der Waals surface area (Å²) in [6.45, 7) is 8.47. The average molecular weight is 914 g/mol. The lowest BCUT2D eigenvalue weighted by Crippen LogP contribution is -2.33. The molecule has 0 radical (unpaired) electrons. The van der Waals surface area contributed by atoms with Crippen molar-refractivity contribution in [2.75, 3.05) is 0 Å². The Bertz CT molecular complexity index is 1610. The molecular weight excluding hydrogens is 883 g/mol. The quantitative estimate of drug-likeness (QED) is 0.0600. The maximum atomic E-state index is 13.9. The molecule has 0 saturated heterocycles. The van der Waals surface area contributed by atoms with Crippen LogP contribution in [0.1, 0.15) is 43.7 Å². The molecule has 3 aromatic rings. The summed E-state index contributed by atoms with van der Waals surface area (Å²) in [7, 11) is -3.83. The van der Waals surface area contributed by atoms with E-state index >= 15 is 0 Å². The predicted molar refractivity (Wildman–Crippen MR) is 194 cm³/mol. The van der Waals surface area contributed by atoms with E-state index in [0.717, 1.165) is 43.2 Å². The summed E-state index contributed by atoms with van der Waals surface area (Å²) in [4.78, 5) is 14.0. The van der Waals surface area contributed by atoms with Gasteiger partial charge in [0, 0.05) is 41.5 Å². The number of pyridine rings is 1. The zero-order valence-corrected chi connectivity index (χ0v) is 30.4. The first-order valence-electron chi connectivity index (χ1n) is 12.8. The van der Waals surface area contributed by atoms with Gasteiger partial charge in [-0.15, -0.1) is 18.9 Å². The molecule has 1 aromatic heterocycles. The maximum absolute atomic E-state index is 13.9. The van der Waals surface area contributed by atoms with Crippen LogP contribution in [0.4, 0.5) is 0 Å². The Labute approximate surface area is 283 Å². The second kappa shape index (κ2) is 14.5. The number of halogens is 4. The number of benzene rings is 2. The monoisotopic (exact) mass is 913 g/mol. The third-order valence-corrected chi connectivity index (χ3v) is 17.9. The summed E-state index contributed by atoms with van der Waals surface area (Å²) < 4.78 is 27.7. The summed E-state index contributed by atoms with van der Waals surface area (Å²) >= 11 is 12.4. The molecule has 0 fully saturated rings. The first kappa shape index (κ1) is 33.6. The van der Waals surface area contributed by atoms with E-state index in [0.29, 0.717) is 23.2 Å². The zero-order chi connectivity index (χ0) is 29.7. The fourth-order valence-electron chi connectivity index (χ4n) is 4.40. The smallest absolute Gasteiger partial charge is 0.203 e. The van der Waals surface area contributed by atoms with Crippen molar-refractivity contribution in [1.29, 1.82) is 0 Å². The molecule has 1 atom stereocenters. The molecule has 1 unspecified atom stereocenters. The van der Waals surface area contributed by atoms with Gasteiger partial charge in [0.15, 0.2) is 6.19 Å². The molecule has 40 heavy (non-hydrogen) atoms. The van der Waals surface area contributed by atoms with Gasteiger partial charge in [-0.05, 0) is 119 Å². The van der Waals surface area contributed by atoms with E-state index in [1.807, 2.05) is 68.9 Å². The Morgan fingerprint density at radius 2 is 1.77 bits per heavy atom. The van der Waals surface area contributed by atoms with Crippen LogP contribution >= 0.6 is 79.4 Å². The highest BCUT2D eigenvalue weighted by Crippen LogP contribution is 2.46. The van der Waals surface area contributed by atoms with Crippen LogP contribution in [0.15, 0.2) is 71.1 Å². The van der Waals surface area contributed by atoms with Gasteiger partial charge in [0.2, 0.25) is 9.84 Å². The highest BCUT2D eigenvalue weighted by molar-refractivity contribution is 14.2. The van der Waals surface area contributed by atoms with Gasteiger partial charge < -0.3 is 4.57 Å². The molecule has 212 valence electrons. The Hall–Kier alpha value is -0.880. The topological polar surface area (TPSA) is 56.1 Å². The number of aromatic nitrogens is 1. The number of allylic oxidation sites excluding steroid dienone is 1. The second-order valence-electron chi connectivity index (χ2n) is 9.53. The lowest BCUT2D eigenvalue weighted by atomic mass is 9.95. The van der Waals surface area contributed by atoms with Crippen molar-refractivity contribution < 1.29 is 8.42 Å². The molecule has 9 heteroatoms. The molecule has 0 amide bonds. The summed E-state index contributed by atoms with van der Waals surface area (Å²) in [5.41, 5.74) is 4.47. The van der Waals surface area contributed by atoms with Gasteiger partial charge in [-0.2, -0.15) is 0 Å². The number of sulfone groups is 1. The standard InChI is InChI=1S/C31H31ClI3NO3S/c1-5-8-9-10-11-12-22-13-14-23(15-21(22)4)27-19-36(7-3)20-28(30(27)37)24-16-25(32)18-26(17-24)40(38,39)31(34,35)29(33)6-2/h1,6,13-20,29H,2,7-12H2,3-4H3. The fraction of sp³-hybridized carbons (Fsp3) is 0.323. The Balaban J connectivity index is 2.08. The molecule has 0 aliphatic rings. The van der Waals surface area contributed by atoms with Crippen molar-refractivity contribution >= 4 is 89.2 Å². The van der Waals surface area contributed by atoms with Crippen molar-refractivity contribution in [1.82, 2.24) is 4.57 Å². The van der Waals surface area contributed by atoms with E-state index < -0.39 is 10.6 Å². The molecular formula is C31H31ClI3NO3S. The third-order valence-electron chi connectivity index (χ3n) is 6.74. The first-order chi connectivity index (χ1) is 18.9. The number of unbranched alkanes of at least 4 members (excludes halogenated alkanes) is 3. The van der Waals surface area contributed by atoms with E-state index in [1.165, 1.54) is 11.6 Å².